The zero-order chi connectivity index (χ0) is 11.1. The van der Waals surface area contributed by atoms with Gasteiger partial charge in [-0.2, -0.15) is 0 Å². The van der Waals surface area contributed by atoms with E-state index in [0.29, 0.717) is 0 Å². The normalized spacial score (nSPS) is 33.1. The smallest absolute Gasteiger partial charge is 0.0233 e. The maximum atomic E-state index is 2.63. The summed E-state index contributed by atoms with van der Waals surface area (Å²) in [5.74, 6) is 3.97. The highest BCUT2D eigenvalue weighted by molar-refractivity contribution is 5.16. The number of nitrogens with zero attached hydrogens (tertiary/aromatic N) is 1. The summed E-state index contributed by atoms with van der Waals surface area (Å²) in [6, 6.07) is 10.9. The van der Waals surface area contributed by atoms with Crippen LogP contribution >= 0.6 is 0 Å². The molecule has 2 unspecified atom stereocenters. The molecule has 1 heterocycles. The van der Waals surface area contributed by atoms with E-state index >= 15 is 0 Å². The number of benzene rings is 1. The van der Waals surface area contributed by atoms with Crippen LogP contribution in [0.2, 0.25) is 0 Å². The van der Waals surface area contributed by atoms with Crippen molar-refractivity contribution in [2.75, 3.05) is 13.1 Å². The third-order valence-electron chi connectivity index (χ3n) is 4.35. The second-order valence-electron chi connectivity index (χ2n) is 5.83. The molecule has 1 aliphatic heterocycles. The third-order valence-corrected chi connectivity index (χ3v) is 4.35. The lowest BCUT2D eigenvalue weighted by Gasteiger charge is -2.20. The molecule has 1 aliphatic carbocycles. The van der Waals surface area contributed by atoms with E-state index in [4.69, 9.17) is 0 Å². The third kappa shape index (κ3) is 1.78. The van der Waals surface area contributed by atoms with Gasteiger partial charge in [-0.3, -0.25) is 4.90 Å². The molecule has 1 nitrogen and oxygen atoms in total. The van der Waals surface area contributed by atoms with Crippen LogP contribution in [0.25, 0.3) is 0 Å². The summed E-state index contributed by atoms with van der Waals surface area (Å²) in [5, 5.41) is 0. The van der Waals surface area contributed by atoms with E-state index < -0.39 is 0 Å². The van der Waals surface area contributed by atoms with Gasteiger partial charge in [0.2, 0.25) is 0 Å². The molecule has 1 saturated heterocycles. The van der Waals surface area contributed by atoms with Crippen molar-refractivity contribution >= 4 is 0 Å². The minimum atomic E-state index is 0.897. The molecule has 0 amide bonds. The van der Waals surface area contributed by atoms with Crippen LogP contribution in [0.5, 0.6) is 0 Å². The zero-order valence-corrected chi connectivity index (χ0v) is 10.3. The Kier molecular flexibility index (Phi) is 2.51. The molecule has 3 rings (SSSR count). The van der Waals surface area contributed by atoms with E-state index in [-0.39, 0.29) is 0 Å². The van der Waals surface area contributed by atoms with E-state index in [1.807, 2.05) is 0 Å². The molecule has 16 heavy (non-hydrogen) atoms. The number of piperidine rings is 1. The van der Waals surface area contributed by atoms with Gasteiger partial charge in [-0.15, -0.1) is 0 Å². The monoisotopic (exact) mass is 215 g/mol. The molecule has 2 aliphatic rings. The first-order chi connectivity index (χ1) is 7.75. The summed E-state index contributed by atoms with van der Waals surface area (Å²) < 4.78 is 0. The van der Waals surface area contributed by atoms with Crippen LogP contribution in [0.4, 0.5) is 0 Å². The average Bonchev–Trinajstić information content (AvgIpc) is 2.79. The highest BCUT2D eigenvalue weighted by atomic mass is 15.2. The quantitative estimate of drug-likeness (QED) is 0.749. The molecule has 2 atom stereocenters. The van der Waals surface area contributed by atoms with Gasteiger partial charge in [0.15, 0.2) is 0 Å². The Bertz CT molecular complexity index is 345. The fourth-order valence-corrected chi connectivity index (χ4v) is 3.62. The highest BCUT2D eigenvalue weighted by Crippen LogP contribution is 2.55. The van der Waals surface area contributed by atoms with Gasteiger partial charge in [0.05, 0.1) is 0 Å². The first kappa shape index (κ1) is 10.3. The molecule has 1 aromatic rings. The van der Waals surface area contributed by atoms with Gasteiger partial charge in [-0.25, -0.2) is 0 Å². The fraction of sp³-hybridized carbons (Fsp3) is 0.600. The predicted molar refractivity (Wildman–Crippen MR) is 67.0 cm³/mol. The van der Waals surface area contributed by atoms with E-state index in [2.05, 4.69) is 49.1 Å². The van der Waals surface area contributed by atoms with Gasteiger partial charge in [0.25, 0.3) is 0 Å². The Labute approximate surface area is 98.5 Å². The summed E-state index contributed by atoms with van der Waals surface area (Å²) in [7, 11) is 0. The van der Waals surface area contributed by atoms with Gasteiger partial charge >= 0.3 is 0 Å². The van der Waals surface area contributed by atoms with Crippen LogP contribution in [-0.4, -0.2) is 18.0 Å². The molecule has 0 N–H and O–H groups in total. The lowest BCUT2D eigenvalue weighted by molar-refractivity contribution is 0.261. The molecule has 0 aromatic heterocycles. The summed E-state index contributed by atoms with van der Waals surface area (Å²) in [6.45, 7) is 8.58. The molecule has 0 bridgehead atoms. The van der Waals surface area contributed by atoms with E-state index in [9.17, 15) is 0 Å². The molecule has 86 valence electrons. The van der Waals surface area contributed by atoms with Crippen molar-refractivity contribution in [3.63, 3.8) is 0 Å². The summed E-state index contributed by atoms with van der Waals surface area (Å²) >= 11 is 0. The van der Waals surface area contributed by atoms with Crippen LogP contribution in [-0.2, 0) is 6.54 Å². The number of likely N-dealkylation sites (tertiary alicyclic amines) is 1. The topological polar surface area (TPSA) is 3.24 Å². The van der Waals surface area contributed by atoms with Gasteiger partial charge < -0.3 is 0 Å². The molecular formula is C15H21N. The minimum absolute atomic E-state index is 0.897. The second kappa shape index (κ2) is 3.89. The maximum Gasteiger partial charge on any atom is 0.0233 e. The number of hydrogen-bond donors (Lipinski definition) is 0. The van der Waals surface area contributed by atoms with Crippen molar-refractivity contribution in [2.45, 2.75) is 20.4 Å². The molecule has 1 saturated carbocycles. The van der Waals surface area contributed by atoms with Gasteiger partial charge in [-0.05, 0) is 29.2 Å². The molecule has 0 spiro atoms. The van der Waals surface area contributed by atoms with Crippen LogP contribution in [0.3, 0.4) is 0 Å². The van der Waals surface area contributed by atoms with Gasteiger partial charge in [-0.1, -0.05) is 44.2 Å². The molecule has 2 fully saturated rings. The molecule has 0 radical (unpaired) electrons. The van der Waals surface area contributed by atoms with Crippen LogP contribution in [0, 0.1) is 23.7 Å². The van der Waals surface area contributed by atoms with Crippen molar-refractivity contribution in [2.24, 2.45) is 23.7 Å². The molecular weight excluding hydrogens is 194 g/mol. The van der Waals surface area contributed by atoms with Crippen molar-refractivity contribution in [3.05, 3.63) is 35.9 Å². The first-order valence-electron chi connectivity index (χ1n) is 6.52. The Morgan fingerprint density at radius 1 is 1.12 bits per heavy atom. The van der Waals surface area contributed by atoms with E-state index in [1.165, 1.54) is 18.7 Å². The summed E-state index contributed by atoms with van der Waals surface area (Å²) in [5.41, 5.74) is 1.46. The van der Waals surface area contributed by atoms with Gasteiger partial charge in [0.1, 0.15) is 0 Å². The van der Waals surface area contributed by atoms with Crippen molar-refractivity contribution in [1.82, 2.24) is 4.90 Å². The average molecular weight is 215 g/mol. The minimum Gasteiger partial charge on any atom is -0.298 e. The van der Waals surface area contributed by atoms with Crippen LogP contribution in [0.1, 0.15) is 19.4 Å². The Morgan fingerprint density at radius 2 is 1.75 bits per heavy atom. The van der Waals surface area contributed by atoms with Crippen molar-refractivity contribution < 1.29 is 0 Å². The lowest BCUT2D eigenvalue weighted by atomic mass is 10.0. The fourth-order valence-electron chi connectivity index (χ4n) is 3.62. The Balaban J connectivity index is 1.55. The highest BCUT2D eigenvalue weighted by Gasteiger charge is 2.56. The summed E-state index contributed by atoms with van der Waals surface area (Å²) in [6.07, 6.45) is 0. The Morgan fingerprint density at radius 3 is 2.31 bits per heavy atom. The largest absolute Gasteiger partial charge is 0.298 e. The lowest BCUT2D eigenvalue weighted by Crippen LogP contribution is -2.24. The van der Waals surface area contributed by atoms with Crippen LogP contribution < -0.4 is 0 Å². The summed E-state index contributed by atoms with van der Waals surface area (Å²) in [4.78, 5) is 2.63. The van der Waals surface area contributed by atoms with Gasteiger partial charge in [0, 0.05) is 19.6 Å². The predicted octanol–water partition coefficient (Wildman–Crippen LogP) is 3.02. The zero-order valence-electron chi connectivity index (χ0n) is 10.3. The Hall–Kier alpha value is -0.820. The number of hydrogen-bond acceptors (Lipinski definition) is 1. The van der Waals surface area contributed by atoms with Crippen molar-refractivity contribution in [1.29, 1.82) is 0 Å². The molecule has 1 aromatic carbocycles. The SMILES string of the molecule is CC(C)C1C2CN(Cc3ccccc3)CC21. The van der Waals surface area contributed by atoms with Crippen molar-refractivity contribution in [3.8, 4) is 0 Å². The van der Waals surface area contributed by atoms with E-state index in [0.717, 1.165) is 30.2 Å². The number of fused-ring (bicyclic) bond motifs is 1. The maximum absolute atomic E-state index is 2.63. The standard InChI is InChI=1S/C15H21N/c1-11(2)15-13-9-16(10-14(13)15)8-12-6-4-3-5-7-12/h3-7,11,13-15H,8-10H2,1-2H3. The first-order valence-corrected chi connectivity index (χ1v) is 6.52. The van der Waals surface area contributed by atoms with Crippen LogP contribution in [0.15, 0.2) is 30.3 Å². The van der Waals surface area contributed by atoms with E-state index in [1.54, 1.807) is 0 Å². The second-order valence-corrected chi connectivity index (χ2v) is 5.83. The number of rotatable bonds is 3. The molecule has 1 heteroatoms.